The minimum Gasteiger partial charge on any atom is -0.463 e. The van der Waals surface area contributed by atoms with Crippen LogP contribution >= 0.6 is 11.6 Å². The molecule has 6 nitrogen and oxygen atoms in total. The highest BCUT2D eigenvalue weighted by molar-refractivity contribution is 6.28. The normalized spacial score (nSPS) is 17.8. The Morgan fingerprint density at radius 3 is 2.75 bits per heavy atom. The van der Waals surface area contributed by atoms with Crippen LogP contribution in [0.5, 0.6) is 6.01 Å². The molecule has 1 N–H and O–H groups in total. The number of hydrogen-bond acceptors (Lipinski definition) is 6. The minimum absolute atomic E-state index is 0.144. The van der Waals surface area contributed by atoms with Crippen molar-refractivity contribution in [2.45, 2.75) is 33.1 Å². The SMILES string of the molecule is CCCOc1nc(Cl)nc(NCC2(C)CCOCC2)n1. The number of nitrogens with one attached hydrogen (secondary N) is 1. The van der Waals surface area contributed by atoms with Gasteiger partial charge < -0.3 is 14.8 Å². The topological polar surface area (TPSA) is 69.2 Å². The standard InChI is InChI=1S/C13H21ClN4O2/c1-3-6-20-12-17-10(14)16-11(18-12)15-9-13(2)4-7-19-8-5-13/h3-9H2,1-2H3,(H,15,16,17,18). The number of nitrogens with zero attached hydrogens (tertiary/aromatic N) is 3. The quantitative estimate of drug-likeness (QED) is 0.870. The van der Waals surface area contributed by atoms with Crippen molar-refractivity contribution in [3.8, 4) is 6.01 Å². The van der Waals surface area contributed by atoms with Gasteiger partial charge in [0.2, 0.25) is 11.2 Å². The molecule has 2 rings (SSSR count). The maximum Gasteiger partial charge on any atom is 0.322 e. The first-order chi connectivity index (χ1) is 9.61. The predicted molar refractivity (Wildman–Crippen MR) is 77.3 cm³/mol. The van der Waals surface area contributed by atoms with Gasteiger partial charge in [0, 0.05) is 19.8 Å². The summed E-state index contributed by atoms with van der Waals surface area (Å²) in [7, 11) is 0. The van der Waals surface area contributed by atoms with Crippen molar-refractivity contribution in [1.82, 2.24) is 15.0 Å². The van der Waals surface area contributed by atoms with Crippen molar-refractivity contribution in [2.24, 2.45) is 5.41 Å². The molecule has 0 saturated carbocycles. The van der Waals surface area contributed by atoms with Gasteiger partial charge in [-0.25, -0.2) is 0 Å². The molecule has 0 amide bonds. The van der Waals surface area contributed by atoms with Crippen LogP contribution in [0.2, 0.25) is 5.28 Å². The van der Waals surface area contributed by atoms with Gasteiger partial charge in [-0.1, -0.05) is 13.8 Å². The van der Waals surface area contributed by atoms with Gasteiger partial charge in [0.05, 0.1) is 6.61 Å². The summed E-state index contributed by atoms with van der Waals surface area (Å²) in [6.45, 7) is 7.22. The van der Waals surface area contributed by atoms with Gasteiger partial charge in [-0.15, -0.1) is 0 Å². The molecular formula is C13H21ClN4O2. The summed E-state index contributed by atoms with van der Waals surface area (Å²) >= 11 is 5.88. The first-order valence-electron chi connectivity index (χ1n) is 6.97. The summed E-state index contributed by atoms with van der Waals surface area (Å²) < 4.78 is 10.8. The number of halogens is 1. The summed E-state index contributed by atoms with van der Waals surface area (Å²) in [6.07, 6.45) is 2.94. The Morgan fingerprint density at radius 2 is 2.05 bits per heavy atom. The van der Waals surface area contributed by atoms with E-state index in [2.05, 4.69) is 27.2 Å². The third kappa shape index (κ3) is 4.45. The molecule has 0 aromatic carbocycles. The van der Waals surface area contributed by atoms with Crippen LogP contribution in [0.25, 0.3) is 0 Å². The lowest BCUT2D eigenvalue weighted by Gasteiger charge is -2.33. The van der Waals surface area contributed by atoms with Gasteiger partial charge in [0.25, 0.3) is 0 Å². The smallest absolute Gasteiger partial charge is 0.322 e. The molecule has 0 bridgehead atoms. The maximum absolute atomic E-state index is 5.88. The van der Waals surface area contributed by atoms with Gasteiger partial charge in [-0.05, 0) is 36.3 Å². The molecule has 2 heterocycles. The van der Waals surface area contributed by atoms with E-state index in [1.54, 1.807) is 0 Å². The second-order valence-corrected chi connectivity index (χ2v) is 5.67. The first kappa shape index (κ1) is 15.3. The fourth-order valence-corrected chi connectivity index (χ4v) is 2.15. The molecule has 0 radical (unpaired) electrons. The zero-order valence-electron chi connectivity index (χ0n) is 12.0. The minimum atomic E-state index is 0.144. The van der Waals surface area contributed by atoms with E-state index in [0.29, 0.717) is 12.6 Å². The molecule has 1 aromatic rings. The zero-order chi connectivity index (χ0) is 14.4. The maximum atomic E-state index is 5.88. The van der Waals surface area contributed by atoms with Crippen molar-refractivity contribution in [2.75, 3.05) is 31.7 Å². The third-order valence-electron chi connectivity index (χ3n) is 3.40. The molecule has 0 atom stereocenters. The molecule has 7 heteroatoms. The van der Waals surface area contributed by atoms with E-state index in [9.17, 15) is 0 Å². The Morgan fingerprint density at radius 1 is 1.30 bits per heavy atom. The van der Waals surface area contributed by atoms with E-state index in [-0.39, 0.29) is 16.7 Å². The average molecular weight is 301 g/mol. The number of aromatic nitrogens is 3. The lowest BCUT2D eigenvalue weighted by molar-refractivity contribution is 0.0299. The van der Waals surface area contributed by atoms with E-state index in [0.717, 1.165) is 39.0 Å². The molecule has 0 spiro atoms. The van der Waals surface area contributed by atoms with E-state index in [1.807, 2.05) is 6.92 Å². The molecule has 0 unspecified atom stereocenters. The third-order valence-corrected chi connectivity index (χ3v) is 3.57. The van der Waals surface area contributed by atoms with Crippen LogP contribution in [-0.2, 0) is 4.74 Å². The Labute approximate surface area is 124 Å². The number of anilines is 1. The van der Waals surface area contributed by atoms with Gasteiger partial charge in [0.1, 0.15) is 0 Å². The van der Waals surface area contributed by atoms with Crippen molar-refractivity contribution in [3.05, 3.63) is 5.28 Å². The molecular weight excluding hydrogens is 280 g/mol. The highest BCUT2D eigenvalue weighted by Gasteiger charge is 2.27. The fourth-order valence-electron chi connectivity index (χ4n) is 2.00. The Bertz CT molecular complexity index is 438. The van der Waals surface area contributed by atoms with E-state index < -0.39 is 0 Å². The van der Waals surface area contributed by atoms with E-state index >= 15 is 0 Å². The van der Waals surface area contributed by atoms with Crippen LogP contribution in [0, 0.1) is 5.41 Å². The summed E-state index contributed by atoms with van der Waals surface area (Å²) in [5.74, 6) is 0.462. The molecule has 20 heavy (non-hydrogen) atoms. The van der Waals surface area contributed by atoms with Gasteiger partial charge in [-0.3, -0.25) is 0 Å². The van der Waals surface area contributed by atoms with Gasteiger partial charge >= 0.3 is 6.01 Å². The van der Waals surface area contributed by atoms with E-state index in [1.165, 1.54) is 0 Å². The largest absolute Gasteiger partial charge is 0.463 e. The van der Waals surface area contributed by atoms with Gasteiger partial charge in [0.15, 0.2) is 0 Å². The molecule has 1 aromatic heterocycles. The van der Waals surface area contributed by atoms with Crippen LogP contribution in [-0.4, -0.2) is 41.3 Å². The number of ether oxygens (including phenoxy) is 2. The zero-order valence-corrected chi connectivity index (χ0v) is 12.7. The van der Waals surface area contributed by atoms with E-state index in [4.69, 9.17) is 21.1 Å². The van der Waals surface area contributed by atoms with Crippen molar-refractivity contribution in [1.29, 1.82) is 0 Å². The van der Waals surface area contributed by atoms with Crippen LogP contribution in [0.4, 0.5) is 5.95 Å². The fraction of sp³-hybridized carbons (Fsp3) is 0.769. The summed E-state index contributed by atoms with van der Waals surface area (Å²) in [5.41, 5.74) is 0.196. The lowest BCUT2D eigenvalue weighted by atomic mass is 9.82. The highest BCUT2D eigenvalue weighted by Crippen LogP contribution is 2.29. The summed E-state index contributed by atoms with van der Waals surface area (Å²) in [5, 5.41) is 3.37. The van der Waals surface area contributed by atoms with Crippen molar-refractivity contribution >= 4 is 17.5 Å². The number of hydrogen-bond donors (Lipinski definition) is 1. The molecule has 0 aliphatic carbocycles. The summed E-state index contributed by atoms with van der Waals surface area (Å²) in [4.78, 5) is 12.2. The second kappa shape index (κ2) is 7.04. The molecule has 112 valence electrons. The molecule has 1 aliphatic rings. The molecule has 1 aliphatic heterocycles. The number of rotatable bonds is 6. The van der Waals surface area contributed by atoms with Gasteiger partial charge in [-0.2, -0.15) is 15.0 Å². The van der Waals surface area contributed by atoms with Crippen LogP contribution in [0.1, 0.15) is 33.1 Å². The van der Waals surface area contributed by atoms with Crippen molar-refractivity contribution < 1.29 is 9.47 Å². The highest BCUT2D eigenvalue weighted by atomic mass is 35.5. The molecule has 1 saturated heterocycles. The van der Waals surface area contributed by atoms with Crippen molar-refractivity contribution in [3.63, 3.8) is 0 Å². The average Bonchev–Trinajstić information content (AvgIpc) is 2.43. The Kier molecular flexibility index (Phi) is 5.37. The monoisotopic (exact) mass is 300 g/mol. The van der Waals surface area contributed by atoms with Crippen LogP contribution in [0.3, 0.4) is 0 Å². The molecule has 1 fully saturated rings. The van der Waals surface area contributed by atoms with Crippen LogP contribution < -0.4 is 10.1 Å². The Balaban J connectivity index is 1.96. The van der Waals surface area contributed by atoms with Crippen LogP contribution in [0.15, 0.2) is 0 Å². The first-order valence-corrected chi connectivity index (χ1v) is 7.35. The lowest BCUT2D eigenvalue weighted by Crippen LogP contribution is -2.33. The predicted octanol–water partition coefficient (Wildman–Crippen LogP) is 2.54. The Hall–Kier alpha value is -1.14. The summed E-state index contributed by atoms with van der Waals surface area (Å²) in [6, 6.07) is 0.270. The second-order valence-electron chi connectivity index (χ2n) is 5.34.